The maximum absolute atomic E-state index is 13.6. The van der Waals surface area contributed by atoms with Crippen LogP contribution < -0.4 is 16.0 Å². The highest BCUT2D eigenvalue weighted by atomic mass is 35.5. The summed E-state index contributed by atoms with van der Waals surface area (Å²) in [5, 5.41) is 8.58. The molecule has 1 aliphatic heterocycles. The van der Waals surface area contributed by atoms with Crippen molar-refractivity contribution in [2.75, 3.05) is 26.4 Å². The lowest BCUT2D eigenvalue weighted by Crippen LogP contribution is -2.44. The lowest BCUT2D eigenvalue weighted by atomic mass is 9.85. The molecular formula is C19H31ClFN3O4. The third-order valence-corrected chi connectivity index (χ3v) is 6.35. The van der Waals surface area contributed by atoms with Crippen molar-refractivity contribution in [2.24, 2.45) is 5.92 Å². The molecule has 3 aliphatic rings. The van der Waals surface area contributed by atoms with Crippen LogP contribution in [-0.2, 0) is 19.1 Å². The van der Waals surface area contributed by atoms with E-state index in [2.05, 4.69) is 16.0 Å². The molecule has 3 rings (SSSR count). The van der Waals surface area contributed by atoms with E-state index in [-0.39, 0.29) is 49.0 Å². The normalized spacial score (nSPS) is 36.1. The average molecular weight is 420 g/mol. The van der Waals surface area contributed by atoms with Crippen LogP contribution in [0.4, 0.5) is 4.39 Å². The molecule has 3 fully saturated rings. The lowest BCUT2D eigenvalue weighted by Gasteiger charge is -2.30. The Morgan fingerprint density at radius 1 is 1.18 bits per heavy atom. The summed E-state index contributed by atoms with van der Waals surface area (Å²) in [6.07, 6.45) is 3.31. The van der Waals surface area contributed by atoms with E-state index in [9.17, 15) is 14.0 Å². The van der Waals surface area contributed by atoms with Gasteiger partial charge in [-0.2, -0.15) is 0 Å². The largest absolute Gasteiger partial charge is 0.368 e. The predicted octanol–water partition coefficient (Wildman–Crippen LogP) is 1.24. The molecule has 0 aromatic carbocycles. The zero-order chi connectivity index (χ0) is 19.9. The second kappa shape index (κ2) is 10.7. The summed E-state index contributed by atoms with van der Waals surface area (Å²) in [5.74, 6) is -0.118. The first-order chi connectivity index (χ1) is 13.5. The molecule has 0 aromatic heterocycles. The summed E-state index contributed by atoms with van der Waals surface area (Å²) in [4.78, 5) is 24.4. The molecule has 0 radical (unpaired) electrons. The highest BCUT2D eigenvalue weighted by Crippen LogP contribution is 2.28. The van der Waals surface area contributed by atoms with E-state index in [0.717, 1.165) is 32.2 Å². The Bertz CT molecular complexity index is 527. The Hall–Kier alpha value is -0.960. The van der Waals surface area contributed by atoms with Gasteiger partial charge in [-0.15, -0.1) is 11.6 Å². The minimum absolute atomic E-state index is 0.00834. The van der Waals surface area contributed by atoms with Gasteiger partial charge in [-0.05, 0) is 38.5 Å². The van der Waals surface area contributed by atoms with E-state index in [4.69, 9.17) is 21.1 Å². The van der Waals surface area contributed by atoms with Crippen molar-refractivity contribution in [3.8, 4) is 0 Å². The molecule has 28 heavy (non-hydrogen) atoms. The third-order valence-electron chi connectivity index (χ3n) is 5.86. The first-order valence-corrected chi connectivity index (χ1v) is 10.7. The van der Waals surface area contributed by atoms with Gasteiger partial charge in [0.05, 0.1) is 24.3 Å². The van der Waals surface area contributed by atoms with Crippen LogP contribution in [0, 0.1) is 5.92 Å². The van der Waals surface area contributed by atoms with Gasteiger partial charge < -0.3 is 20.1 Å². The van der Waals surface area contributed by atoms with Crippen LogP contribution in [0.15, 0.2) is 0 Å². The molecule has 9 heteroatoms. The topological polar surface area (TPSA) is 88.7 Å². The quantitative estimate of drug-likeness (QED) is 0.540. The highest BCUT2D eigenvalue weighted by molar-refractivity contribution is 6.21. The fourth-order valence-electron chi connectivity index (χ4n) is 4.10. The van der Waals surface area contributed by atoms with Gasteiger partial charge in [0.1, 0.15) is 12.8 Å². The van der Waals surface area contributed by atoms with Gasteiger partial charge in [-0.25, -0.2) is 4.39 Å². The van der Waals surface area contributed by atoms with E-state index >= 15 is 0 Å². The summed E-state index contributed by atoms with van der Waals surface area (Å²) in [6, 6.07) is 0.0648. The van der Waals surface area contributed by atoms with Gasteiger partial charge in [0.15, 0.2) is 0 Å². The Balaban J connectivity index is 1.28. The standard InChI is InChI=1S/C19H31ClFN3O4/c20-16-6-5-14(7-17(16)21)27-10-18(25)24-13-3-1-12(2-4-13)19(26)23-9-15-8-22-11-28-15/h12-17,22H,1-11H2,(H,23,26)(H,24,25). The van der Waals surface area contributed by atoms with Gasteiger partial charge >= 0.3 is 0 Å². The molecule has 0 aromatic rings. The average Bonchev–Trinajstić information content (AvgIpc) is 3.21. The number of halogens is 2. The van der Waals surface area contributed by atoms with Crippen molar-refractivity contribution in [1.82, 2.24) is 16.0 Å². The maximum Gasteiger partial charge on any atom is 0.246 e. The number of hydrogen-bond acceptors (Lipinski definition) is 5. The molecule has 2 saturated carbocycles. The van der Waals surface area contributed by atoms with Crippen molar-refractivity contribution in [2.45, 2.75) is 74.7 Å². The molecule has 4 unspecified atom stereocenters. The maximum atomic E-state index is 13.6. The number of carbonyl (C=O) groups is 2. The van der Waals surface area contributed by atoms with Gasteiger partial charge in [0.2, 0.25) is 11.8 Å². The van der Waals surface area contributed by atoms with Crippen LogP contribution in [-0.4, -0.2) is 68.0 Å². The molecule has 7 nitrogen and oxygen atoms in total. The summed E-state index contributed by atoms with van der Waals surface area (Å²) in [5.41, 5.74) is 0. The fraction of sp³-hybridized carbons (Fsp3) is 0.895. The van der Waals surface area contributed by atoms with Crippen molar-refractivity contribution < 1.29 is 23.5 Å². The number of alkyl halides is 2. The summed E-state index contributed by atoms with van der Waals surface area (Å²) in [7, 11) is 0. The molecule has 1 saturated heterocycles. The second-order valence-electron chi connectivity index (χ2n) is 8.03. The number of amides is 2. The summed E-state index contributed by atoms with van der Waals surface area (Å²) < 4.78 is 24.6. The van der Waals surface area contributed by atoms with Crippen LogP contribution in [0.1, 0.15) is 44.9 Å². The first-order valence-electron chi connectivity index (χ1n) is 10.3. The van der Waals surface area contributed by atoms with Crippen molar-refractivity contribution in [1.29, 1.82) is 0 Å². The minimum Gasteiger partial charge on any atom is -0.368 e. The third kappa shape index (κ3) is 6.54. The van der Waals surface area contributed by atoms with Crippen molar-refractivity contribution in [3.05, 3.63) is 0 Å². The highest BCUT2D eigenvalue weighted by Gasteiger charge is 2.31. The Morgan fingerprint density at radius 3 is 2.64 bits per heavy atom. The van der Waals surface area contributed by atoms with Crippen LogP contribution in [0.5, 0.6) is 0 Å². The molecule has 0 spiro atoms. The minimum atomic E-state index is -1.07. The van der Waals surface area contributed by atoms with Crippen molar-refractivity contribution >= 4 is 23.4 Å². The van der Waals surface area contributed by atoms with Gasteiger partial charge in [0, 0.05) is 31.5 Å². The summed E-state index contributed by atoms with van der Waals surface area (Å²) >= 11 is 5.86. The van der Waals surface area contributed by atoms with E-state index in [1.165, 1.54) is 0 Å². The van der Waals surface area contributed by atoms with Crippen LogP contribution >= 0.6 is 11.6 Å². The molecular weight excluding hydrogens is 389 g/mol. The van der Waals surface area contributed by atoms with E-state index in [1.54, 1.807) is 0 Å². The SMILES string of the molecule is O=C(COC1CCC(Cl)C(F)C1)NC1CCC(C(=O)NCC2CNCO2)CC1. The zero-order valence-corrected chi connectivity index (χ0v) is 16.9. The molecule has 3 N–H and O–H groups in total. The van der Waals surface area contributed by atoms with E-state index < -0.39 is 11.5 Å². The smallest absolute Gasteiger partial charge is 0.246 e. The Labute approximate surface area is 170 Å². The Kier molecular flexibility index (Phi) is 8.32. The van der Waals surface area contributed by atoms with Gasteiger partial charge in [-0.1, -0.05) is 0 Å². The summed E-state index contributed by atoms with van der Waals surface area (Å²) in [6.45, 7) is 1.78. The zero-order valence-electron chi connectivity index (χ0n) is 16.1. The van der Waals surface area contributed by atoms with E-state index in [0.29, 0.717) is 26.1 Å². The first kappa shape index (κ1) is 21.7. The van der Waals surface area contributed by atoms with Crippen LogP contribution in [0.25, 0.3) is 0 Å². The molecule has 2 aliphatic carbocycles. The predicted molar refractivity (Wildman–Crippen MR) is 103 cm³/mol. The number of carbonyl (C=O) groups excluding carboxylic acids is 2. The fourth-order valence-corrected chi connectivity index (χ4v) is 4.33. The molecule has 4 atom stereocenters. The lowest BCUT2D eigenvalue weighted by molar-refractivity contribution is -0.130. The Morgan fingerprint density at radius 2 is 1.96 bits per heavy atom. The van der Waals surface area contributed by atoms with Crippen LogP contribution in [0.2, 0.25) is 0 Å². The monoisotopic (exact) mass is 419 g/mol. The second-order valence-corrected chi connectivity index (χ2v) is 8.59. The van der Waals surface area contributed by atoms with Gasteiger partial charge in [-0.3, -0.25) is 14.9 Å². The molecule has 0 bridgehead atoms. The van der Waals surface area contributed by atoms with E-state index in [1.807, 2.05) is 0 Å². The molecule has 2 amide bonds. The molecule has 160 valence electrons. The van der Waals surface area contributed by atoms with Crippen LogP contribution in [0.3, 0.4) is 0 Å². The number of ether oxygens (including phenoxy) is 2. The van der Waals surface area contributed by atoms with Gasteiger partial charge in [0.25, 0.3) is 0 Å². The molecule has 1 heterocycles. The number of nitrogens with one attached hydrogen (secondary N) is 3. The van der Waals surface area contributed by atoms with Crippen molar-refractivity contribution in [3.63, 3.8) is 0 Å². The number of rotatable bonds is 7. The number of hydrogen-bond donors (Lipinski definition) is 3.